The second-order valence-electron chi connectivity index (χ2n) is 3.45. The molecule has 1 heterocycles. The highest BCUT2D eigenvalue weighted by atomic mass is 16.5. The van der Waals surface area contributed by atoms with Crippen molar-refractivity contribution in [3.05, 3.63) is 47.8 Å². The van der Waals surface area contributed by atoms with Gasteiger partial charge in [-0.15, -0.1) is 0 Å². The molecule has 0 aliphatic heterocycles. The van der Waals surface area contributed by atoms with Gasteiger partial charge in [-0.3, -0.25) is 0 Å². The minimum absolute atomic E-state index is 0.764. The minimum atomic E-state index is 0.764. The van der Waals surface area contributed by atoms with E-state index in [1.807, 2.05) is 24.3 Å². The predicted octanol–water partition coefficient (Wildman–Crippen LogP) is 2.20. The second-order valence-corrected chi connectivity index (χ2v) is 3.45. The maximum Gasteiger partial charge on any atom is 0.122 e. The van der Waals surface area contributed by atoms with Gasteiger partial charge in [0.1, 0.15) is 5.75 Å². The number of hydrogen-bond acceptors (Lipinski definition) is 2. The molecule has 0 atom stereocenters. The Labute approximate surface area is 88.9 Å². The molecule has 0 saturated carbocycles. The Hall–Kier alpha value is -1.90. The standard InChI is InChI=1S/C12H14N2O/c1-15-12-5-3-2-4-9(12)6-11-7-10(13)8-14-11/h2-5,7-8,14H,6,13H2,1H3. The van der Waals surface area contributed by atoms with Crippen LogP contribution in [0.3, 0.4) is 0 Å². The first-order valence-electron chi connectivity index (χ1n) is 4.84. The quantitative estimate of drug-likeness (QED) is 0.801. The SMILES string of the molecule is COc1ccccc1Cc1cc(N)c[nH]1. The molecule has 3 heteroatoms. The summed E-state index contributed by atoms with van der Waals surface area (Å²) in [6.07, 6.45) is 2.60. The first kappa shape index (κ1) is 9.65. The van der Waals surface area contributed by atoms with Gasteiger partial charge in [0.25, 0.3) is 0 Å². The summed E-state index contributed by atoms with van der Waals surface area (Å²) >= 11 is 0. The summed E-state index contributed by atoms with van der Waals surface area (Å²) in [5.41, 5.74) is 8.65. The third-order valence-corrected chi connectivity index (χ3v) is 2.34. The van der Waals surface area contributed by atoms with Gasteiger partial charge in [-0.2, -0.15) is 0 Å². The van der Waals surface area contributed by atoms with E-state index in [0.29, 0.717) is 0 Å². The number of H-pyrrole nitrogens is 1. The lowest BCUT2D eigenvalue weighted by Gasteiger charge is -2.06. The summed E-state index contributed by atoms with van der Waals surface area (Å²) in [7, 11) is 1.68. The Bertz CT molecular complexity index is 448. The lowest BCUT2D eigenvalue weighted by atomic mass is 10.1. The number of para-hydroxylation sites is 1. The molecule has 0 bridgehead atoms. The van der Waals surface area contributed by atoms with E-state index in [-0.39, 0.29) is 0 Å². The smallest absolute Gasteiger partial charge is 0.122 e. The topological polar surface area (TPSA) is 51.0 Å². The molecular weight excluding hydrogens is 188 g/mol. The Kier molecular flexibility index (Phi) is 2.63. The molecule has 0 saturated heterocycles. The van der Waals surface area contributed by atoms with E-state index >= 15 is 0 Å². The Balaban J connectivity index is 2.23. The molecule has 0 radical (unpaired) electrons. The van der Waals surface area contributed by atoms with Gasteiger partial charge in [0, 0.05) is 24.0 Å². The molecule has 0 fully saturated rings. The van der Waals surface area contributed by atoms with Crippen molar-refractivity contribution in [2.45, 2.75) is 6.42 Å². The van der Waals surface area contributed by atoms with Crippen LogP contribution in [0.1, 0.15) is 11.3 Å². The summed E-state index contributed by atoms with van der Waals surface area (Å²) in [6, 6.07) is 9.92. The lowest BCUT2D eigenvalue weighted by molar-refractivity contribution is 0.410. The van der Waals surface area contributed by atoms with Crippen LogP contribution in [0.2, 0.25) is 0 Å². The normalized spacial score (nSPS) is 10.2. The Morgan fingerprint density at radius 3 is 2.80 bits per heavy atom. The number of nitrogens with one attached hydrogen (secondary N) is 1. The summed E-state index contributed by atoms with van der Waals surface area (Å²) in [5, 5.41) is 0. The van der Waals surface area contributed by atoms with Crippen LogP contribution in [0.15, 0.2) is 36.5 Å². The maximum absolute atomic E-state index is 5.64. The van der Waals surface area contributed by atoms with E-state index in [9.17, 15) is 0 Å². The molecule has 0 spiro atoms. The average Bonchev–Trinajstić information content (AvgIpc) is 2.65. The van der Waals surface area contributed by atoms with Crippen LogP contribution >= 0.6 is 0 Å². The highest BCUT2D eigenvalue weighted by Crippen LogP contribution is 2.20. The molecule has 15 heavy (non-hydrogen) atoms. The molecule has 1 aromatic heterocycles. The van der Waals surface area contributed by atoms with Gasteiger partial charge in [-0.05, 0) is 17.7 Å². The van der Waals surface area contributed by atoms with E-state index in [1.54, 1.807) is 13.3 Å². The van der Waals surface area contributed by atoms with Gasteiger partial charge in [0.2, 0.25) is 0 Å². The first-order chi connectivity index (χ1) is 7.29. The lowest BCUT2D eigenvalue weighted by Crippen LogP contribution is -1.93. The van der Waals surface area contributed by atoms with E-state index in [1.165, 1.54) is 0 Å². The molecule has 1 aromatic carbocycles. The van der Waals surface area contributed by atoms with E-state index in [4.69, 9.17) is 10.5 Å². The fraction of sp³-hybridized carbons (Fsp3) is 0.167. The second kappa shape index (κ2) is 4.09. The van der Waals surface area contributed by atoms with Gasteiger partial charge < -0.3 is 15.5 Å². The Morgan fingerprint density at radius 1 is 1.33 bits per heavy atom. The zero-order valence-corrected chi connectivity index (χ0v) is 8.66. The van der Waals surface area contributed by atoms with Gasteiger partial charge in [0.05, 0.1) is 7.11 Å². The molecule has 2 rings (SSSR count). The number of ether oxygens (including phenoxy) is 1. The van der Waals surface area contributed by atoms with Crippen LogP contribution in [0.5, 0.6) is 5.75 Å². The molecule has 3 N–H and O–H groups in total. The number of methoxy groups -OCH3 is 1. The zero-order chi connectivity index (χ0) is 10.7. The van der Waals surface area contributed by atoms with Crippen LogP contribution in [-0.4, -0.2) is 12.1 Å². The van der Waals surface area contributed by atoms with Crippen molar-refractivity contribution in [3.8, 4) is 5.75 Å². The van der Waals surface area contributed by atoms with Crippen molar-refractivity contribution >= 4 is 5.69 Å². The van der Waals surface area contributed by atoms with Crippen LogP contribution < -0.4 is 10.5 Å². The van der Waals surface area contributed by atoms with Gasteiger partial charge in [0.15, 0.2) is 0 Å². The highest BCUT2D eigenvalue weighted by molar-refractivity contribution is 5.41. The summed E-state index contributed by atoms with van der Waals surface area (Å²) in [6.45, 7) is 0. The molecule has 2 aromatic rings. The number of rotatable bonds is 3. The van der Waals surface area contributed by atoms with Crippen molar-refractivity contribution in [2.75, 3.05) is 12.8 Å². The summed E-state index contributed by atoms with van der Waals surface area (Å²) in [5.74, 6) is 0.908. The van der Waals surface area contributed by atoms with Crippen molar-refractivity contribution in [1.29, 1.82) is 0 Å². The van der Waals surface area contributed by atoms with Crippen molar-refractivity contribution in [2.24, 2.45) is 0 Å². The van der Waals surface area contributed by atoms with Crippen LogP contribution in [0.25, 0.3) is 0 Å². The summed E-state index contributed by atoms with van der Waals surface area (Å²) < 4.78 is 5.28. The fourth-order valence-corrected chi connectivity index (χ4v) is 1.62. The van der Waals surface area contributed by atoms with Crippen LogP contribution in [0.4, 0.5) is 5.69 Å². The molecule has 0 unspecified atom stereocenters. The minimum Gasteiger partial charge on any atom is -0.496 e. The number of anilines is 1. The number of nitrogens with two attached hydrogens (primary N) is 1. The van der Waals surface area contributed by atoms with Gasteiger partial charge >= 0.3 is 0 Å². The van der Waals surface area contributed by atoms with Gasteiger partial charge in [-0.1, -0.05) is 18.2 Å². The van der Waals surface area contributed by atoms with Gasteiger partial charge in [-0.25, -0.2) is 0 Å². The number of hydrogen-bond donors (Lipinski definition) is 2. The first-order valence-corrected chi connectivity index (χ1v) is 4.84. The molecule has 3 nitrogen and oxygen atoms in total. The van der Waals surface area contributed by atoms with Crippen LogP contribution in [-0.2, 0) is 6.42 Å². The number of aromatic nitrogens is 1. The van der Waals surface area contributed by atoms with E-state index < -0.39 is 0 Å². The number of nitrogen functional groups attached to an aromatic ring is 1. The molecule has 78 valence electrons. The van der Waals surface area contributed by atoms with Crippen molar-refractivity contribution in [3.63, 3.8) is 0 Å². The largest absolute Gasteiger partial charge is 0.496 e. The third kappa shape index (κ3) is 2.13. The monoisotopic (exact) mass is 202 g/mol. The maximum atomic E-state index is 5.64. The summed E-state index contributed by atoms with van der Waals surface area (Å²) in [4.78, 5) is 3.12. The fourth-order valence-electron chi connectivity index (χ4n) is 1.62. The molecular formula is C12H14N2O. The third-order valence-electron chi connectivity index (χ3n) is 2.34. The zero-order valence-electron chi connectivity index (χ0n) is 8.66. The van der Waals surface area contributed by atoms with E-state index in [2.05, 4.69) is 11.1 Å². The van der Waals surface area contributed by atoms with Crippen molar-refractivity contribution < 1.29 is 4.74 Å². The molecule has 0 aliphatic carbocycles. The average molecular weight is 202 g/mol. The number of aromatic amines is 1. The molecule has 0 aliphatic rings. The Morgan fingerprint density at radius 2 is 2.13 bits per heavy atom. The van der Waals surface area contributed by atoms with Crippen molar-refractivity contribution in [1.82, 2.24) is 4.98 Å². The molecule has 0 amide bonds. The predicted molar refractivity (Wildman–Crippen MR) is 61.0 cm³/mol. The van der Waals surface area contributed by atoms with Crippen LogP contribution in [0, 0.1) is 0 Å². The number of benzene rings is 1. The highest BCUT2D eigenvalue weighted by Gasteiger charge is 2.03. The van der Waals surface area contributed by atoms with E-state index in [0.717, 1.165) is 29.1 Å².